The lowest BCUT2D eigenvalue weighted by atomic mass is 10.1. The van der Waals surface area contributed by atoms with Gasteiger partial charge in [0, 0.05) is 39.1 Å². The Kier molecular flexibility index (Phi) is 8.31. The predicted molar refractivity (Wildman–Crippen MR) is 113 cm³/mol. The summed E-state index contributed by atoms with van der Waals surface area (Å²) in [5.74, 6) is 0.422. The predicted octanol–water partition coefficient (Wildman–Crippen LogP) is 4.31. The van der Waals surface area contributed by atoms with Crippen molar-refractivity contribution in [3.05, 3.63) is 59.7 Å². The maximum absolute atomic E-state index is 12.3. The lowest BCUT2D eigenvalue weighted by Gasteiger charge is -2.18. The van der Waals surface area contributed by atoms with Crippen molar-refractivity contribution in [2.75, 3.05) is 11.1 Å². The molecule has 0 spiro atoms. The molecular weight excluding hydrogens is 368 g/mol. The van der Waals surface area contributed by atoms with E-state index in [-0.39, 0.29) is 23.1 Å². The van der Waals surface area contributed by atoms with Crippen molar-refractivity contribution in [3.63, 3.8) is 0 Å². The summed E-state index contributed by atoms with van der Waals surface area (Å²) < 4.78 is 12.0. The number of hydrogen-bond donors (Lipinski definition) is 2. The number of nitrogen functional groups attached to an aromatic ring is 1. The van der Waals surface area contributed by atoms with Crippen LogP contribution in [0.4, 0.5) is 11.4 Å². The van der Waals surface area contributed by atoms with E-state index in [1.165, 1.54) is 0 Å². The minimum Gasteiger partial charge on any atom is -0.399 e. The molecule has 1 atom stereocenters. The summed E-state index contributed by atoms with van der Waals surface area (Å²) in [5, 5.41) is 2.91. The third-order valence-electron chi connectivity index (χ3n) is 3.87. The van der Waals surface area contributed by atoms with Gasteiger partial charge in [-0.15, -0.1) is 12.4 Å². The maximum atomic E-state index is 12.3. The summed E-state index contributed by atoms with van der Waals surface area (Å²) in [5.41, 5.74) is 9.28. The first-order valence-corrected chi connectivity index (χ1v) is 9.68. The SMILES string of the molecule is CC(C)(C)S(=O)Cc1cccc(NC(=O)CCc2ccccc2N)c1.Cl. The van der Waals surface area contributed by atoms with Gasteiger partial charge in [0.05, 0.1) is 0 Å². The second-order valence-electron chi connectivity index (χ2n) is 7.05. The van der Waals surface area contributed by atoms with Crippen LogP contribution in [0.2, 0.25) is 0 Å². The van der Waals surface area contributed by atoms with Crippen LogP contribution in [0.5, 0.6) is 0 Å². The minimum absolute atomic E-state index is 0. The summed E-state index contributed by atoms with van der Waals surface area (Å²) in [4.78, 5) is 12.2. The fourth-order valence-electron chi connectivity index (χ4n) is 2.34. The first-order chi connectivity index (χ1) is 11.8. The van der Waals surface area contributed by atoms with Crippen molar-refractivity contribution < 1.29 is 9.00 Å². The zero-order chi connectivity index (χ0) is 18.4. The van der Waals surface area contributed by atoms with Crippen molar-refractivity contribution in [1.29, 1.82) is 0 Å². The van der Waals surface area contributed by atoms with Crippen LogP contribution in [0.3, 0.4) is 0 Å². The molecule has 0 aromatic heterocycles. The third kappa shape index (κ3) is 6.81. The van der Waals surface area contributed by atoms with Gasteiger partial charge in [-0.05, 0) is 56.5 Å². The molecule has 0 aliphatic carbocycles. The molecule has 2 rings (SSSR count). The molecule has 3 N–H and O–H groups in total. The van der Waals surface area contributed by atoms with Gasteiger partial charge >= 0.3 is 0 Å². The van der Waals surface area contributed by atoms with E-state index in [9.17, 15) is 9.00 Å². The van der Waals surface area contributed by atoms with Crippen LogP contribution in [0.25, 0.3) is 0 Å². The van der Waals surface area contributed by atoms with Gasteiger partial charge in [-0.1, -0.05) is 30.3 Å². The fourth-order valence-corrected chi connectivity index (χ4v) is 3.26. The van der Waals surface area contributed by atoms with Crippen LogP contribution in [-0.4, -0.2) is 14.9 Å². The van der Waals surface area contributed by atoms with Crippen LogP contribution in [0, 0.1) is 0 Å². The van der Waals surface area contributed by atoms with Gasteiger partial charge < -0.3 is 11.1 Å². The second-order valence-corrected chi connectivity index (χ2v) is 9.25. The molecule has 2 aromatic rings. The summed E-state index contributed by atoms with van der Waals surface area (Å²) in [6, 6.07) is 15.1. The Morgan fingerprint density at radius 3 is 2.46 bits per heavy atom. The summed E-state index contributed by atoms with van der Waals surface area (Å²) in [7, 11) is -0.967. The Labute approximate surface area is 164 Å². The Morgan fingerprint density at radius 1 is 1.12 bits per heavy atom. The molecule has 0 fully saturated rings. The Bertz CT molecular complexity index is 772. The first kappa shape index (κ1) is 22.2. The van der Waals surface area contributed by atoms with E-state index >= 15 is 0 Å². The summed E-state index contributed by atoms with van der Waals surface area (Å²) in [6.45, 7) is 5.89. The van der Waals surface area contributed by atoms with Crippen molar-refractivity contribution in [3.8, 4) is 0 Å². The van der Waals surface area contributed by atoms with Gasteiger partial charge in [0.1, 0.15) is 0 Å². The van der Waals surface area contributed by atoms with Gasteiger partial charge in [-0.3, -0.25) is 9.00 Å². The van der Waals surface area contributed by atoms with Gasteiger partial charge in [0.2, 0.25) is 5.91 Å². The lowest BCUT2D eigenvalue weighted by Crippen LogP contribution is -2.23. The van der Waals surface area contributed by atoms with Crippen molar-refractivity contribution in [2.45, 2.75) is 44.1 Å². The number of carbonyl (C=O) groups excluding carboxylic acids is 1. The molecule has 2 aromatic carbocycles. The van der Waals surface area contributed by atoms with E-state index in [1.54, 1.807) is 0 Å². The zero-order valence-electron chi connectivity index (χ0n) is 15.5. The van der Waals surface area contributed by atoms with Gasteiger partial charge in [-0.2, -0.15) is 0 Å². The number of aryl methyl sites for hydroxylation is 1. The number of amides is 1. The van der Waals surface area contributed by atoms with E-state index in [0.29, 0.717) is 24.3 Å². The van der Waals surface area contributed by atoms with Gasteiger partial charge in [0.25, 0.3) is 0 Å². The molecule has 26 heavy (non-hydrogen) atoms. The van der Waals surface area contributed by atoms with Crippen molar-refractivity contribution in [2.24, 2.45) is 0 Å². The quantitative estimate of drug-likeness (QED) is 0.717. The number of rotatable bonds is 6. The molecule has 0 radical (unpaired) electrons. The van der Waals surface area contributed by atoms with Crippen LogP contribution in [0.15, 0.2) is 48.5 Å². The number of carbonyl (C=O) groups is 1. The highest BCUT2D eigenvalue weighted by Crippen LogP contribution is 2.19. The maximum Gasteiger partial charge on any atom is 0.224 e. The van der Waals surface area contributed by atoms with E-state index < -0.39 is 10.8 Å². The number of nitrogens with one attached hydrogen (secondary N) is 1. The normalized spacial score (nSPS) is 12.1. The van der Waals surface area contributed by atoms with Crippen LogP contribution in [0.1, 0.15) is 38.3 Å². The van der Waals surface area contributed by atoms with E-state index in [1.807, 2.05) is 69.3 Å². The van der Waals surface area contributed by atoms with Gasteiger partial charge in [0.15, 0.2) is 0 Å². The Balaban J connectivity index is 0.00000338. The number of anilines is 2. The highest BCUT2D eigenvalue weighted by atomic mass is 35.5. The monoisotopic (exact) mass is 394 g/mol. The van der Waals surface area contributed by atoms with E-state index in [4.69, 9.17) is 5.73 Å². The molecule has 1 amide bonds. The molecule has 6 heteroatoms. The average Bonchev–Trinajstić information content (AvgIpc) is 2.53. The number of nitrogens with two attached hydrogens (primary N) is 1. The molecular formula is C20H27ClN2O2S. The zero-order valence-corrected chi connectivity index (χ0v) is 17.1. The van der Waals surface area contributed by atoms with E-state index in [0.717, 1.165) is 16.8 Å². The molecule has 0 aliphatic heterocycles. The molecule has 1 unspecified atom stereocenters. The topological polar surface area (TPSA) is 72.2 Å². The second kappa shape index (κ2) is 9.74. The smallest absolute Gasteiger partial charge is 0.224 e. The lowest BCUT2D eigenvalue weighted by molar-refractivity contribution is -0.116. The summed E-state index contributed by atoms with van der Waals surface area (Å²) in [6.07, 6.45) is 0.971. The average molecular weight is 395 g/mol. The van der Waals surface area contributed by atoms with Crippen LogP contribution >= 0.6 is 12.4 Å². The minimum atomic E-state index is -0.967. The summed E-state index contributed by atoms with van der Waals surface area (Å²) >= 11 is 0. The number of para-hydroxylation sites is 1. The highest BCUT2D eigenvalue weighted by Gasteiger charge is 2.19. The Hall–Kier alpha value is -1.85. The van der Waals surface area contributed by atoms with E-state index in [2.05, 4.69) is 5.32 Å². The molecule has 4 nitrogen and oxygen atoms in total. The first-order valence-electron chi connectivity index (χ1n) is 8.36. The number of hydrogen-bond acceptors (Lipinski definition) is 3. The van der Waals surface area contributed by atoms with Gasteiger partial charge in [-0.25, -0.2) is 0 Å². The molecule has 0 saturated heterocycles. The molecule has 0 bridgehead atoms. The Morgan fingerprint density at radius 2 is 1.81 bits per heavy atom. The molecule has 0 heterocycles. The standard InChI is InChI=1S/C20H26N2O2S.ClH/c1-20(2,3)25(24)14-15-7-6-9-17(13-15)22-19(23)12-11-16-8-4-5-10-18(16)21;/h4-10,13H,11-12,14,21H2,1-3H3,(H,22,23);1H. The van der Waals surface area contributed by atoms with Crippen LogP contribution < -0.4 is 11.1 Å². The molecule has 0 saturated carbocycles. The number of halogens is 1. The van der Waals surface area contributed by atoms with Crippen molar-refractivity contribution in [1.82, 2.24) is 0 Å². The molecule has 0 aliphatic rings. The van der Waals surface area contributed by atoms with Crippen molar-refractivity contribution >= 4 is 40.5 Å². The largest absolute Gasteiger partial charge is 0.399 e. The highest BCUT2D eigenvalue weighted by molar-refractivity contribution is 7.85. The third-order valence-corrected chi connectivity index (χ3v) is 5.83. The number of benzene rings is 2. The molecule has 142 valence electrons. The van der Waals surface area contributed by atoms with Crippen LogP contribution in [-0.2, 0) is 27.8 Å². The fraction of sp³-hybridized carbons (Fsp3) is 0.350.